The number of carbonyl (C=O) groups excluding carboxylic acids is 1. The smallest absolute Gasteiger partial charge is 0.207 e. The zero-order valence-electron chi connectivity index (χ0n) is 13.1. The number of benzene rings is 2. The average Bonchev–Trinajstić information content (AvgIpc) is 3.16. The van der Waals surface area contributed by atoms with Crippen LogP contribution in [0.15, 0.2) is 64.4 Å². The van der Waals surface area contributed by atoms with E-state index in [0.717, 1.165) is 13.0 Å². The Morgan fingerprint density at radius 2 is 1.75 bits per heavy atom. The molecule has 1 aliphatic heterocycles. The molecule has 126 valence electrons. The third-order valence-corrected chi connectivity index (χ3v) is 6.07. The van der Waals surface area contributed by atoms with Crippen molar-refractivity contribution in [3.05, 3.63) is 60.2 Å². The molecule has 1 saturated heterocycles. The number of hydrogen-bond donors (Lipinski definition) is 2. The molecule has 1 aliphatic rings. The summed E-state index contributed by atoms with van der Waals surface area (Å²) < 4.78 is 25.7. The molecule has 24 heavy (non-hydrogen) atoms. The lowest BCUT2D eigenvalue weighted by Gasteiger charge is -2.18. The zero-order chi connectivity index (χ0) is 17.2. The van der Waals surface area contributed by atoms with Gasteiger partial charge in [-0.25, -0.2) is 8.42 Å². The minimum absolute atomic E-state index is 0.0301. The molecule has 0 saturated carbocycles. The van der Waals surface area contributed by atoms with Crippen molar-refractivity contribution in [2.45, 2.75) is 34.8 Å². The van der Waals surface area contributed by atoms with Crippen molar-refractivity contribution in [2.75, 3.05) is 6.54 Å². The second-order valence-corrected chi connectivity index (χ2v) is 7.74. The predicted molar refractivity (Wildman–Crippen MR) is 89.7 cm³/mol. The van der Waals surface area contributed by atoms with Gasteiger partial charge in [0.1, 0.15) is 6.10 Å². The summed E-state index contributed by atoms with van der Waals surface area (Å²) in [4.78, 5) is 12.7. The average molecular weight is 345 g/mol. The van der Waals surface area contributed by atoms with E-state index < -0.39 is 21.7 Å². The molecule has 2 aromatic rings. The van der Waals surface area contributed by atoms with Gasteiger partial charge in [0.2, 0.25) is 9.84 Å². The van der Waals surface area contributed by atoms with E-state index in [2.05, 4.69) is 5.32 Å². The molecular weight excluding hydrogens is 326 g/mol. The lowest BCUT2D eigenvalue weighted by Crippen LogP contribution is -2.40. The fourth-order valence-corrected chi connectivity index (χ4v) is 4.44. The van der Waals surface area contributed by atoms with Crippen molar-refractivity contribution < 1.29 is 18.3 Å². The molecule has 0 spiro atoms. The number of nitrogens with one attached hydrogen (secondary N) is 1. The first-order valence-corrected chi connectivity index (χ1v) is 9.35. The molecule has 2 atom stereocenters. The van der Waals surface area contributed by atoms with Crippen molar-refractivity contribution in [1.82, 2.24) is 5.32 Å². The Morgan fingerprint density at radius 3 is 2.42 bits per heavy atom. The molecule has 1 heterocycles. The summed E-state index contributed by atoms with van der Waals surface area (Å²) in [5, 5.41) is 13.4. The molecule has 0 aromatic heterocycles. The van der Waals surface area contributed by atoms with E-state index in [1.54, 1.807) is 30.3 Å². The Balaban J connectivity index is 2.01. The van der Waals surface area contributed by atoms with E-state index in [4.69, 9.17) is 0 Å². The normalized spacial score (nSPS) is 19.1. The quantitative estimate of drug-likeness (QED) is 0.808. The molecule has 1 fully saturated rings. The molecule has 6 heteroatoms. The minimum atomic E-state index is -3.82. The van der Waals surface area contributed by atoms with E-state index in [0.29, 0.717) is 6.42 Å². The second-order valence-electron chi connectivity index (χ2n) is 5.82. The van der Waals surface area contributed by atoms with Crippen molar-refractivity contribution in [3.8, 4) is 0 Å². The lowest BCUT2D eigenvalue weighted by atomic mass is 9.99. The number of Topliss-reactive ketones (excluding diaryl/α,β-unsaturated/α-hetero) is 1. The third-order valence-electron chi connectivity index (χ3n) is 4.24. The lowest BCUT2D eigenvalue weighted by molar-refractivity contribution is 0.0673. The summed E-state index contributed by atoms with van der Waals surface area (Å²) >= 11 is 0. The van der Waals surface area contributed by atoms with Gasteiger partial charge < -0.3 is 10.4 Å². The van der Waals surface area contributed by atoms with Gasteiger partial charge in [0.25, 0.3) is 0 Å². The van der Waals surface area contributed by atoms with Gasteiger partial charge in [0, 0.05) is 11.6 Å². The molecule has 2 unspecified atom stereocenters. The zero-order valence-corrected chi connectivity index (χ0v) is 13.9. The van der Waals surface area contributed by atoms with E-state index in [-0.39, 0.29) is 21.4 Å². The molecule has 0 amide bonds. The van der Waals surface area contributed by atoms with Crippen LogP contribution < -0.4 is 5.32 Å². The summed E-state index contributed by atoms with van der Waals surface area (Å²) in [5.41, 5.74) is 0.0301. The number of rotatable bonds is 5. The van der Waals surface area contributed by atoms with E-state index in [9.17, 15) is 18.3 Å². The maximum Gasteiger partial charge on any atom is 0.207 e. The van der Waals surface area contributed by atoms with Crippen LogP contribution in [0.2, 0.25) is 0 Å². The number of carbonyl (C=O) groups is 1. The summed E-state index contributed by atoms with van der Waals surface area (Å²) in [6, 6.07) is 13.7. The SMILES string of the molecule is O=C(c1ccccc1S(=O)(=O)c1ccccc1)C(O)C1CCCN1. The highest BCUT2D eigenvalue weighted by Crippen LogP contribution is 2.26. The van der Waals surface area contributed by atoms with Gasteiger partial charge in [-0.3, -0.25) is 4.79 Å². The predicted octanol–water partition coefficient (Wildman–Crippen LogP) is 1.81. The van der Waals surface area contributed by atoms with Crippen molar-refractivity contribution in [1.29, 1.82) is 0 Å². The topological polar surface area (TPSA) is 83.5 Å². The van der Waals surface area contributed by atoms with Crippen LogP contribution in [0, 0.1) is 0 Å². The van der Waals surface area contributed by atoms with Crippen LogP contribution in [0.25, 0.3) is 0 Å². The Kier molecular flexibility index (Phi) is 4.80. The highest BCUT2D eigenvalue weighted by molar-refractivity contribution is 7.91. The van der Waals surface area contributed by atoms with Gasteiger partial charge in [-0.1, -0.05) is 30.3 Å². The molecule has 2 aromatic carbocycles. The minimum Gasteiger partial charge on any atom is -0.383 e. The van der Waals surface area contributed by atoms with Crippen LogP contribution in [-0.4, -0.2) is 38.0 Å². The van der Waals surface area contributed by atoms with Crippen molar-refractivity contribution in [2.24, 2.45) is 0 Å². The van der Waals surface area contributed by atoms with Gasteiger partial charge in [-0.2, -0.15) is 0 Å². The largest absolute Gasteiger partial charge is 0.383 e. The summed E-state index contributed by atoms with van der Waals surface area (Å²) in [5.74, 6) is -0.565. The Hall–Kier alpha value is -2.02. The van der Waals surface area contributed by atoms with Crippen molar-refractivity contribution in [3.63, 3.8) is 0 Å². The van der Waals surface area contributed by atoms with Crippen LogP contribution in [-0.2, 0) is 9.84 Å². The molecule has 0 radical (unpaired) electrons. The first kappa shape index (κ1) is 16.8. The van der Waals surface area contributed by atoms with E-state index >= 15 is 0 Å². The molecule has 0 bridgehead atoms. The fraction of sp³-hybridized carbons (Fsp3) is 0.278. The monoisotopic (exact) mass is 345 g/mol. The number of aliphatic hydroxyl groups excluding tert-OH is 1. The fourth-order valence-electron chi connectivity index (χ4n) is 2.95. The molecular formula is C18H19NO4S. The number of ketones is 1. The number of hydrogen-bond acceptors (Lipinski definition) is 5. The summed E-state index contributed by atoms with van der Waals surface area (Å²) in [7, 11) is -3.82. The van der Waals surface area contributed by atoms with Gasteiger partial charge in [0.05, 0.1) is 9.79 Å². The van der Waals surface area contributed by atoms with Crippen LogP contribution in [0.5, 0.6) is 0 Å². The summed E-state index contributed by atoms with van der Waals surface area (Å²) in [6.07, 6.45) is 0.332. The third kappa shape index (κ3) is 3.13. The van der Waals surface area contributed by atoms with Crippen LogP contribution in [0.3, 0.4) is 0 Å². The first-order chi connectivity index (χ1) is 11.5. The number of aliphatic hydroxyl groups is 1. The van der Waals surface area contributed by atoms with Gasteiger partial charge in [-0.15, -0.1) is 0 Å². The molecule has 3 rings (SSSR count). The van der Waals surface area contributed by atoms with Gasteiger partial charge >= 0.3 is 0 Å². The van der Waals surface area contributed by atoms with Crippen LogP contribution in [0.1, 0.15) is 23.2 Å². The molecule has 2 N–H and O–H groups in total. The maximum atomic E-state index is 12.9. The molecule has 0 aliphatic carbocycles. The standard InChI is InChI=1S/C18H19NO4S/c20-17(18(21)15-10-6-12-19-15)14-9-4-5-11-16(14)24(22,23)13-7-2-1-3-8-13/h1-5,7-9,11,15,18-19,21H,6,10,12H2. The highest BCUT2D eigenvalue weighted by atomic mass is 32.2. The first-order valence-electron chi connectivity index (χ1n) is 7.86. The van der Waals surface area contributed by atoms with E-state index in [1.807, 2.05) is 0 Å². The second kappa shape index (κ2) is 6.84. The number of sulfone groups is 1. The Labute approximate surface area is 141 Å². The van der Waals surface area contributed by atoms with E-state index in [1.165, 1.54) is 24.3 Å². The molecule has 5 nitrogen and oxygen atoms in total. The highest BCUT2D eigenvalue weighted by Gasteiger charge is 2.32. The van der Waals surface area contributed by atoms with Gasteiger partial charge in [0.15, 0.2) is 5.78 Å². The van der Waals surface area contributed by atoms with Crippen LogP contribution >= 0.6 is 0 Å². The van der Waals surface area contributed by atoms with Crippen molar-refractivity contribution >= 4 is 15.6 Å². The maximum absolute atomic E-state index is 12.9. The van der Waals surface area contributed by atoms with Gasteiger partial charge in [-0.05, 0) is 43.7 Å². The Bertz CT molecular complexity index is 827. The van der Waals surface area contributed by atoms with Crippen LogP contribution in [0.4, 0.5) is 0 Å². The summed E-state index contributed by atoms with van der Waals surface area (Å²) in [6.45, 7) is 0.749. The Morgan fingerprint density at radius 1 is 1.08 bits per heavy atom.